The maximum absolute atomic E-state index is 6.00. The van der Waals surface area contributed by atoms with Gasteiger partial charge < -0.3 is 4.42 Å². The number of hydrogen-bond donors (Lipinski definition) is 0. The lowest BCUT2D eigenvalue weighted by Gasteiger charge is -2.09. The fourth-order valence-electron chi connectivity index (χ4n) is 3.26. The molecule has 5 aromatic rings. The number of fused-ring (bicyclic) bond motifs is 3. The number of hydrogen-bond acceptors (Lipinski definition) is 2. The summed E-state index contributed by atoms with van der Waals surface area (Å²) in [7, 11) is 0. The van der Waals surface area contributed by atoms with Gasteiger partial charge in [0.05, 0.1) is 11.1 Å². The normalized spacial score (nSPS) is 11.3. The van der Waals surface area contributed by atoms with Crippen LogP contribution in [0.3, 0.4) is 0 Å². The van der Waals surface area contributed by atoms with E-state index in [1.165, 1.54) is 0 Å². The van der Waals surface area contributed by atoms with Gasteiger partial charge in [-0.2, -0.15) is 0 Å². The van der Waals surface area contributed by atoms with Crippen molar-refractivity contribution in [2.24, 2.45) is 0 Å². The van der Waals surface area contributed by atoms with E-state index in [-0.39, 0.29) is 0 Å². The van der Waals surface area contributed by atoms with Crippen LogP contribution in [0.25, 0.3) is 39.0 Å². The summed E-state index contributed by atoms with van der Waals surface area (Å²) in [5.41, 5.74) is 3.96. The monoisotopic (exact) mass is 310 g/mol. The van der Waals surface area contributed by atoms with Gasteiger partial charge in [0.15, 0.2) is 0 Å². The molecule has 0 radical (unpaired) electrons. The first-order valence-corrected chi connectivity index (χ1v) is 7.91. The molecule has 2 aromatic heterocycles. The summed E-state index contributed by atoms with van der Waals surface area (Å²) >= 11 is 0. The molecular formula is C21H14N2O. The maximum Gasteiger partial charge on any atom is 0.144 e. The molecular weight excluding hydrogens is 296 g/mol. The van der Waals surface area contributed by atoms with Crippen molar-refractivity contribution in [1.82, 2.24) is 9.55 Å². The fourth-order valence-corrected chi connectivity index (χ4v) is 3.26. The Morgan fingerprint density at radius 1 is 0.750 bits per heavy atom. The zero-order chi connectivity index (χ0) is 15.9. The van der Waals surface area contributed by atoms with Crippen LogP contribution in [0.2, 0.25) is 0 Å². The van der Waals surface area contributed by atoms with Crippen LogP contribution in [0, 0.1) is 0 Å². The first-order chi connectivity index (χ1) is 11.9. The number of rotatable bonds is 2. The van der Waals surface area contributed by atoms with E-state index in [2.05, 4.69) is 33.8 Å². The second kappa shape index (κ2) is 5.10. The molecule has 0 aliphatic heterocycles. The smallest absolute Gasteiger partial charge is 0.144 e. The Morgan fingerprint density at radius 2 is 1.54 bits per heavy atom. The largest absolute Gasteiger partial charge is 0.456 e. The average molecular weight is 310 g/mol. The minimum absolute atomic E-state index is 0.890. The number of para-hydroxylation sites is 1. The molecule has 0 N–H and O–H groups in total. The third-order valence-electron chi connectivity index (χ3n) is 4.31. The van der Waals surface area contributed by atoms with Crippen LogP contribution in [0.1, 0.15) is 0 Å². The summed E-state index contributed by atoms with van der Waals surface area (Å²) in [5, 5.41) is 2.24. The summed E-state index contributed by atoms with van der Waals surface area (Å²) < 4.78 is 8.13. The number of aromatic nitrogens is 2. The zero-order valence-corrected chi connectivity index (χ0v) is 12.9. The van der Waals surface area contributed by atoms with Gasteiger partial charge >= 0.3 is 0 Å². The average Bonchev–Trinajstić information content (AvgIpc) is 3.27. The Bertz CT molecular complexity index is 1150. The van der Waals surface area contributed by atoms with E-state index in [9.17, 15) is 0 Å². The van der Waals surface area contributed by atoms with Crippen molar-refractivity contribution < 1.29 is 4.42 Å². The van der Waals surface area contributed by atoms with Crippen LogP contribution >= 0.6 is 0 Å². The van der Waals surface area contributed by atoms with E-state index >= 15 is 0 Å². The Labute approximate surface area is 138 Å². The van der Waals surface area contributed by atoms with Crippen molar-refractivity contribution in [1.29, 1.82) is 0 Å². The van der Waals surface area contributed by atoms with Crippen molar-refractivity contribution in [2.45, 2.75) is 0 Å². The molecule has 3 nitrogen and oxygen atoms in total. The predicted molar refractivity (Wildman–Crippen MR) is 96.3 cm³/mol. The lowest BCUT2D eigenvalue weighted by molar-refractivity contribution is 0.669. The third-order valence-corrected chi connectivity index (χ3v) is 4.31. The summed E-state index contributed by atoms with van der Waals surface area (Å²) in [4.78, 5) is 4.57. The van der Waals surface area contributed by atoms with Crippen molar-refractivity contribution in [2.75, 3.05) is 0 Å². The topological polar surface area (TPSA) is 31.0 Å². The van der Waals surface area contributed by atoms with E-state index in [1.807, 2.05) is 60.9 Å². The molecule has 0 spiro atoms. The Morgan fingerprint density at radius 3 is 2.46 bits per heavy atom. The van der Waals surface area contributed by atoms with Gasteiger partial charge in [-0.3, -0.25) is 4.57 Å². The van der Waals surface area contributed by atoms with Gasteiger partial charge in [-0.1, -0.05) is 54.6 Å². The third kappa shape index (κ3) is 1.88. The maximum atomic E-state index is 6.00. The molecule has 0 aliphatic carbocycles. The molecule has 0 aliphatic rings. The van der Waals surface area contributed by atoms with Gasteiger partial charge in [-0.05, 0) is 18.2 Å². The number of imidazole rings is 1. The number of furan rings is 1. The van der Waals surface area contributed by atoms with Crippen LogP contribution in [-0.2, 0) is 0 Å². The zero-order valence-electron chi connectivity index (χ0n) is 12.9. The molecule has 24 heavy (non-hydrogen) atoms. The second-order valence-corrected chi connectivity index (χ2v) is 5.74. The highest BCUT2D eigenvalue weighted by Crippen LogP contribution is 2.34. The Kier molecular flexibility index (Phi) is 2.79. The van der Waals surface area contributed by atoms with E-state index in [4.69, 9.17) is 4.42 Å². The SMILES string of the molecule is c1ccc(-c2nccn2-c2cccc3oc4ccccc4c23)cc1. The van der Waals surface area contributed by atoms with Gasteiger partial charge in [0, 0.05) is 23.3 Å². The lowest BCUT2D eigenvalue weighted by Crippen LogP contribution is -1.96. The molecule has 0 saturated carbocycles. The summed E-state index contributed by atoms with van der Waals surface area (Å²) in [6.07, 6.45) is 3.84. The van der Waals surface area contributed by atoms with E-state index < -0.39 is 0 Å². The molecule has 3 aromatic carbocycles. The molecule has 0 amide bonds. The highest BCUT2D eigenvalue weighted by Gasteiger charge is 2.14. The molecule has 0 unspecified atom stereocenters. The highest BCUT2D eigenvalue weighted by atomic mass is 16.3. The van der Waals surface area contributed by atoms with Gasteiger partial charge in [-0.25, -0.2) is 4.98 Å². The standard InChI is InChI=1S/C21H14N2O/c1-2-7-15(8-3-1)21-22-13-14-23(21)17-10-6-12-19-20(17)16-9-4-5-11-18(16)24-19/h1-14H. The van der Waals surface area contributed by atoms with E-state index in [1.54, 1.807) is 0 Å². The first-order valence-electron chi connectivity index (χ1n) is 7.91. The molecule has 114 valence electrons. The van der Waals surface area contributed by atoms with Crippen molar-refractivity contribution >= 4 is 21.9 Å². The molecule has 2 heterocycles. The van der Waals surface area contributed by atoms with Crippen LogP contribution in [-0.4, -0.2) is 9.55 Å². The fraction of sp³-hybridized carbons (Fsp3) is 0. The Hall–Kier alpha value is -3.33. The first kappa shape index (κ1) is 13.1. The van der Waals surface area contributed by atoms with E-state index in [0.717, 1.165) is 39.0 Å². The summed E-state index contributed by atoms with van der Waals surface area (Å²) in [6.45, 7) is 0. The van der Waals surface area contributed by atoms with Gasteiger partial charge in [0.2, 0.25) is 0 Å². The van der Waals surface area contributed by atoms with Crippen molar-refractivity contribution in [3.8, 4) is 17.1 Å². The Balaban J connectivity index is 1.84. The number of nitrogens with zero attached hydrogens (tertiary/aromatic N) is 2. The van der Waals surface area contributed by atoms with Gasteiger partial charge in [0.25, 0.3) is 0 Å². The van der Waals surface area contributed by atoms with Gasteiger partial charge in [-0.15, -0.1) is 0 Å². The predicted octanol–water partition coefficient (Wildman–Crippen LogP) is 5.44. The van der Waals surface area contributed by atoms with Crippen LogP contribution < -0.4 is 0 Å². The molecule has 5 rings (SSSR count). The quantitative estimate of drug-likeness (QED) is 0.435. The van der Waals surface area contributed by atoms with Crippen molar-refractivity contribution in [3.63, 3.8) is 0 Å². The minimum Gasteiger partial charge on any atom is -0.456 e. The summed E-state index contributed by atoms with van der Waals surface area (Å²) in [6, 6.07) is 24.5. The minimum atomic E-state index is 0.890. The molecule has 3 heteroatoms. The highest BCUT2D eigenvalue weighted by molar-refractivity contribution is 6.09. The molecule has 0 saturated heterocycles. The van der Waals surface area contributed by atoms with E-state index in [0.29, 0.717) is 0 Å². The van der Waals surface area contributed by atoms with Gasteiger partial charge in [0.1, 0.15) is 17.0 Å². The molecule has 0 fully saturated rings. The van der Waals surface area contributed by atoms with Crippen LogP contribution in [0.5, 0.6) is 0 Å². The van der Waals surface area contributed by atoms with Crippen molar-refractivity contribution in [3.05, 3.63) is 85.2 Å². The molecule has 0 atom stereocenters. The number of benzene rings is 3. The molecule has 0 bridgehead atoms. The lowest BCUT2D eigenvalue weighted by atomic mass is 10.1. The van der Waals surface area contributed by atoms with Crippen LogP contribution in [0.4, 0.5) is 0 Å². The summed E-state index contributed by atoms with van der Waals surface area (Å²) in [5.74, 6) is 0.924. The second-order valence-electron chi connectivity index (χ2n) is 5.74. The van der Waals surface area contributed by atoms with Crippen LogP contribution in [0.15, 0.2) is 89.6 Å².